The number of methoxy groups -OCH3 is 1. The van der Waals surface area contributed by atoms with Crippen LogP contribution < -0.4 is 19.5 Å². The molecule has 3 rings (SSSR count). The van der Waals surface area contributed by atoms with Crippen LogP contribution in [0.15, 0.2) is 12.1 Å². The Bertz CT molecular complexity index is 635. The van der Waals surface area contributed by atoms with E-state index in [1.165, 1.54) is 7.11 Å². The van der Waals surface area contributed by atoms with Crippen LogP contribution in [0.3, 0.4) is 0 Å². The SMILES string of the molecule is COc1cc(C(=O)NC2(CC(=O)O)CCOC2)cc2c1OCCO2. The molecule has 0 spiro atoms. The molecule has 1 fully saturated rings. The maximum absolute atomic E-state index is 12.6. The van der Waals surface area contributed by atoms with Gasteiger partial charge in [-0.15, -0.1) is 0 Å². The van der Waals surface area contributed by atoms with E-state index < -0.39 is 17.4 Å². The van der Waals surface area contributed by atoms with Crippen LogP contribution in [-0.4, -0.2) is 56.1 Å². The van der Waals surface area contributed by atoms with Gasteiger partial charge in [-0.25, -0.2) is 0 Å². The summed E-state index contributed by atoms with van der Waals surface area (Å²) in [7, 11) is 1.48. The number of rotatable bonds is 5. The van der Waals surface area contributed by atoms with Crippen LogP contribution in [0, 0.1) is 0 Å². The largest absolute Gasteiger partial charge is 0.493 e. The number of amides is 1. The average Bonchev–Trinajstić information content (AvgIpc) is 3.00. The van der Waals surface area contributed by atoms with Gasteiger partial charge in [-0.05, 0) is 18.6 Å². The molecule has 0 bridgehead atoms. The van der Waals surface area contributed by atoms with Crippen molar-refractivity contribution in [2.45, 2.75) is 18.4 Å². The Kier molecular flexibility index (Phi) is 4.48. The van der Waals surface area contributed by atoms with Crippen LogP contribution in [-0.2, 0) is 9.53 Å². The Balaban J connectivity index is 1.85. The van der Waals surface area contributed by atoms with Crippen LogP contribution in [0.1, 0.15) is 23.2 Å². The standard InChI is InChI=1S/C16H19NO7/c1-21-11-6-10(7-12-14(11)24-5-4-23-12)15(20)17-16(8-13(18)19)2-3-22-9-16/h6-7H,2-5,8-9H2,1H3,(H,17,20)(H,18,19). The lowest BCUT2D eigenvalue weighted by Crippen LogP contribution is -2.50. The molecule has 1 saturated heterocycles. The maximum Gasteiger partial charge on any atom is 0.305 e. The smallest absolute Gasteiger partial charge is 0.305 e. The number of carbonyl (C=O) groups excluding carboxylic acids is 1. The number of ether oxygens (including phenoxy) is 4. The Morgan fingerprint density at radius 3 is 2.75 bits per heavy atom. The van der Waals surface area contributed by atoms with Gasteiger partial charge in [-0.3, -0.25) is 9.59 Å². The van der Waals surface area contributed by atoms with E-state index in [-0.39, 0.29) is 13.0 Å². The van der Waals surface area contributed by atoms with E-state index in [1.807, 2.05) is 0 Å². The number of carbonyl (C=O) groups is 2. The van der Waals surface area contributed by atoms with E-state index in [0.717, 1.165) is 0 Å². The van der Waals surface area contributed by atoms with E-state index in [4.69, 9.17) is 24.1 Å². The van der Waals surface area contributed by atoms with Gasteiger partial charge < -0.3 is 29.4 Å². The van der Waals surface area contributed by atoms with Gasteiger partial charge in [0.05, 0.1) is 25.7 Å². The Morgan fingerprint density at radius 2 is 2.08 bits per heavy atom. The number of hydrogen-bond acceptors (Lipinski definition) is 6. The summed E-state index contributed by atoms with van der Waals surface area (Å²) >= 11 is 0. The molecule has 0 aliphatic carbocycles. The minimum absolute atomic E-state index is 0.173. The highest BCUT2D eigenvalue weighted by Crippen LogP contribution is 2.40. The Hall–Kier alpha value is -2.48. The molecule has 2 N–H and O–H groups in total. The minimum Gasteiger partial charge on any atom is -0.493 e. The van der Waals surface area contributed by atoms with Crippen molar-refractivity contribution < 1.29 is 33.6 Å². The van der Waals surface area contributed by atoms with Crippen LogP contribution in [0.4, 0.5) is 0 Å². The molecule has 2 heterocycles. The predicted octanol–water partition coefficient (Wildman–Crippen LogP) is 0.830. The molecule has 0 saturated carbocycles. The fraction of sp³-hybridized carbons (Fsp3) is 0.500. The highest BCUT2D eigenvalue weighted by molar-refractivity contribution is 5.96. The van der Waals surface area contributed by atoms with Crippen molar-refractivity contribution in [3.8, 4) is 17.2 Å². The first-order valence-electron chi connectivity index (χ1n) is 7.63. The predicted molar refractivity (Wildman–Crippen MR) is 81.9 cm³/mol. The van der Waals surface area contributed by atoms with Gasteiger partial charge in [0.1, 0.15) is 13.2 Å². The lowest BCUT2D eigenvalue weighted by atomic mass is 9.93. The summed E-state index contributed by atoms with van der Waals surface area (Å²) in [6.45, 7) is 1.39. The fourth-order valence-electron chi connectivity index (χ4n) is 2.90. The summed E-state index contributed by atoms with van der Waals surface area (Å²) in [5.74, 6) is -0.102. The van der Waals surface area contributed by atoms with Gasteiger partial charge in [0.2, 0.25) is 5.75 Å². The normalized spacial score (nSPS) is 22.0. The van der Waals surface area contributed by atoms with Crippen LogP contribution in [0.25, 0.3) is 0 Å². The van der Waals surface area contributed by atoms with Crippen LogP contribution >= 0.6 is 0 Å². The Labute approximate surface area is 138 Å². The van der Waals surface area contributed by atoms with E-state index >= 15 is 0 Å². The van der Waals surface area contributed by atoms with Crippen molar-refractivity contribution >= 4 is 11.9 Å². The molecule has 2 aliphatic rings. The second kappa shape index (κ2) is 6.56. The van der Waals surface area contributed by atoms with Crippen LogP contribution in [0.5, 0.6) is 17.2 Å². The monoisotopic (exact) mass is 337 g/mol. The third kappa shape index (κ3) is 3.23. The molecule has 1 amide bonds. The molecule has 130 valence electrons. The van der Waals surface area contributed by atoms with E-state index in [9.17, 15) is 9.59 Å². The molecule has 24 heavy (non-hydrogen) atoms. The Morgan fingerprint density at radius 1 is 1.29 bits per heavy atom. The average molecular weight is 337 g/mol. The van der Waals surface area contributed by atoms with Gasteiger partial charge in [0, 0.05) is 12.2 Å². The van der Waals surface area contributed by atoms with Crippen LogP contribution in [0.2, 0.25) is 0 Å². The number of aliphatic carboxylic acids is 1. The molecule has 2 aliphatic heterocycles. The molecular weight excluding hydrogens is 318 g/mol. The second-order valence-corrected chi connectivity index (χ2v) is 5.81. The number of carboxylic acid groups (broad SMARTS) is 1. The van der Waals surface area contributed by atoms with E-state index in [2.05, 4.69) is 5.32 Å². The van der Waals surface area contributed by atoms with Gasteiger partial charge in [-0.2, -0.15) is 0 Å². The first-order valence-corrected chi connectivity index (χ1v) is 7.63. The molecule has 1 unspecified atom stereocenters. The zero-order valence-corrected chi connectivity index (χ0v) is 13.3. The van der Waals surface area contributed by atoms with E-state index in [1.54, 1.807) is 12.1 Å². The molecule has 0 aromatic heterocycles. The molecule has 1 atom stereocenters. The highest BCUT2D eigenvalue weighted by atomic mass is 16.6. The van der Waals surface area contributed by atoms with Crippen molar-refractivity contribution in [1.29, 1.82) is 0 Å². The topological polar surface area (TPSA) is 103 Å². The van der Waals surface area contributed by atoms with Gasteiger partial charge in [-0.1, -0.05) is 0 Å². The lowest BCUT2D eigenvalue weighted by Gasteiger charge is -2.27. The molecule has 1 aromatic carbocycles. The number of hydrogen-bond donors (Lipinski definition) is 2. The number of fused-ring (bicyclic) bond motifs is 1. The van der Waals surface area contributed by atoms with Crippen molar-refractivity contribution in [1.82, 2.24) is 5.32 Å². The molecule has 0 radical (unpaired) electrons. The summed E-state index contributed by atoms with van der Waals surface area (Å²) in [4.78, 5) is 23.7. The minimum atomic E-state index is -0.986. The highest BCUT2D eigenvalue weighted by Gasteiger charge is 2.39. The maximum atomic E-state index is 12.6. The second-order valence-electron chi connectivity index (χ2n) is 5.81. The number of nitrogens with one attached hydrogen (secondary N) is 1. The lowest BCUT2D eigenvalue weighted by molar-refractivity contribution is -0.138. The van der Waals surface area contributed by atoms with E-state index in [0.29, 0.717) is 49.1 Å². The van der Waals surface area contributed by atoms with Gasteiger partial charge >= 0.3 is 5.97 Å². The zero-order valence-electron chi connectivity index (χ0n) is 13.3. The quantitative estimate of drug-likeness (QED) is 0.820. The first kappa shape index (κ1) is 16.4. The summed E-state index contributed by atoms with van der Waals surface area (Å²) in [6.07, 6.45) is 0.257. The molecular formula is C16H19NO7. The summed E-state index contributed by atoms with van der Waals surface area (Å²) in [6, 6.07) is 3.11. The van der Waals surface area contributed by atoms with Crippen molar-refractivity contribution in [2.24, 2.45) is 0 Å². The van der Waals surface area contributed by atoms with Crippen molar-refractivity contribution in [3.05, 3.63) is 17.7 Å². The molecule has 1 aromatic rings. The fourth-order valence-corrected chi connectivity index (χ4v) is 2.90. The number of benzene rings is 1. The third-order valence-electron chi connectivity index (χ3n) is 4.06. The summed E-state index contributed by atoms with van der Waals surface area (Å²) in [5.41, 5.74) is -0.587. The van der Waals surface area contributed by atoms with Crippen molar-refractivity contribution in [3.63, 3.8) is 0 Å². The van der Waals surface area contributed by atoms with Gasteiger partial charge in [0.15, 0.2) is 11.5 Å². The summed E-state index contributed by atoms with van der Waals surface area (Å²) in [5, 5.41) is 11.9. The molecule has 8 nitrogen and oxygen atoms in total. The molecule has 8 heteroatoms. The van der Waals surface area contributed by atoms with Gasteiger partial charge in [0.25, 0.3) is 5.91 Å². The zero-order chi connectivity index (χ0) is 17.2. The summed E-state index contributed by atoms with van der Waals surface area (Å²) < 4.78 is 21.6. The van der Waals surface area contributed by atoms with Crippen molar-refractivity contribution in [2.75, 3.05) is 33.5 Å². The third-order valence-corrected chi connectivity index (χ3v) is 4.06. The number of carboxylic acids is 1. The first-order chi connectivity index (χ1) is 11.5.